The number of hydrogen-bond acceptors (Lipinski definition) is 6. The molecule has 0 spiro atoms. The Kier molecular flexibility index (Phi) is 6.74. The predicted molar refractivity (Wildman–Crippen MR) is 119 cm³/mol. The SMILES string of the molecule is CCCC1=C(C(=O)OCC)C(c2ccccc2Cl)c2cn(C(=O)OC(C)(C)C)nc2N1. The number of esters is 1. The van der Waals surface area contributed by atoms with Crippen LogP contribution in [-0.4, -0.2) is 34.1 Å². The summed E-state index contributed by atoms with van der Waals surface area (Å²) in [5.74, 6) is -0.451. The van der Waals surface area contributed by atoms with Gasteiger partial charge >= 0.3 is 12.1 Å². The number of anilines is 1. The number of halogens is 1. The number of rotatable bonds is 5. The molecule has 1 aromatic carbocycles. The van der Waals surface area contributed by atoms with Gasteiger partial charge in [0.05, 0.1) is 12.2 Å². The molecule has 2 aromatic rings. The first kappa shape index (κ1) is 22.9. The largest absolute Gasteiger partial charge is 0.463 e. The maximum atomic E-state index is 13.0. The van der Waals surface area contributed by atoms with E-state index < -0.39 is 23.6 Å². The fourth-order valence-corrected chi connectivity index (χ4v) is 3.81. The number of carbonyl (C=O) groups excluding carboxylic acids is 2. The summed E-state index contributed by atoms with van der Waals surface area (Å²) in [6.07, 6.45) is 2.42. The lowest BCUT2D eigenvalue weighted by molar-refractivity contribution is -0.138. The number of carbonyl (C=O) groups is 2. The highest BCUT2D eigenvalue weighted by atomic mass is 35.5. The van der Waals surface area contributed by atoms with Crippen LogP contribution in [-0.2, 0) is 14.3 Å². The van der Waals surface area contributed by atoms with Crippen LogP contribution in [0.1, 0.15) is 64.5 Å². The van der Waals surface area contributed by atoms with Crippen molar-refractivity contribution in [3.8, 4) is 0 Å². The summed E-state index contributed by atoms with van der Waals surface area (Å²) < 4.78 is 12.0. The lowest BCUT2D eigenvalue weighted by atomic mass is 9.82. The predicted octanol–water partition coefficient (Wildman–Crippen LogP) is 5.49. The molecule has 7 nitrogen and oxygen atoms in total. The Morgan fingerprint density at radius 1 is 1.19 bits per heavy atom. The number of benzene rings is 1. The number of nitrogens with zero attached hydrogens (tertiary/aromatic N) is 2. The monoisotopic (exact) mass is 445 g/mol. The Hall–Kier alpha value is -2.80. The highest BCUT2D eigenvalue weighted by Gasteiger charge is 2.37. The lowest BCUT2D eigenvalue weighted by Crippen LogP contribution is -2.27. The molecule has 0 saturated heterocycles. The summed E-state index contributed by atoms with van der Waals surface area (Å²) in [6.45, 7) is 9.42. The van der Waals surface area contributed by atoms with Crippen molar-refractivity contribution in [1.29, 1.82) is 0 Å². The molecule has 1 aliphatic rings. The summed E-state index contributed by atoms with van der Waals surface area (Å²) in [7, 11) is 0. The second-order valence-electron chi connectivity index (χ2n) is 8.30. The van der Waals surface area contributed by atoms with Crippen molar-refractivity contribution in [2.24, 2.45) is 0 Å². The minimum Gasteiger partial charge on any atom is -0.463 e. The zero-order valence-corrected chi connectivity index (χ0v) is 19.2. The number of ether oxygens (including phenoxy) is 2. The number of fused-ring (bicyclic) bond motifs is 1. The van der Waals surface area contributed by atoms with Crippen molar-refractivity contribution in [2.45, 2.75) is 59.0 Å². The zero-order valence-electron chi connectivity index (χ0n) is 18.5. The van der Waals surface area contributed by atoms with E-state index in [2.05, 4.69) is 10.4 Å². The number of hydrogen-bond donors (Lipinski definition) is 1. The molecule has 2 heterocycles. The van der Waals surface area contributed by atoms with Gasteiger partial charge in [0, 0.05) is 28.4 Å². The highest BCUT2D eigenvalue weighted by molar-refractivity contribution is 6.31. The fourth-order valence-electron chi connectivity index (χ4n) is 3.57. The molecule has 0 fully saturated rings. The van der Waals surface area contributed by atoms with Gasteiger partial charge in [-0.05, 0) is 45.7 Å². The molecule has 8 heteroatoms. The highest BCUT2D eigenvalue weighted by Crippen LogP contribution is 2.44. The first-order valence-electron chi connectivity index (χ1n) is 10.4. The molecule has 0 aliphatic carbocycles. The smallest absolute Gasteiger partial charge is 0.435 e. The van der Waals surface area contributed by atoms with Gasteiger partial charge in [0.2, 0.25) is 0 Å². The van der Waals surface area contributed by atoms with E-state index >= 15 is 0 Å². The minimum absolute atomic E-state index is 0.251. The van der Waals surface area contributed by atoms with E-state index in [0.717, 1.165) is 16.7 Å². The minimum atomic E-state index is -0.666. The third-order valence-electron chi connectivity index (χ3n) is 4.73. The normalized spacial score (nSPS) is 15.9. The second-order valence-corrected chi connectivity index (χ2v) is 8.71. The Bertz CT molecular complexity index is 1020. The zero-order chi connectivity index (χ0) is 22.8. The second kappa shape index (κ2) is 9.14. The molecule has 166 valence electrons. The fraction of sp³-hybridized carbons (Fsp3) is 0.435. The van der Waals surface area contributed by atoms with E-state index in [1.165, 1.54) is 0 Å². The van der Waals surface area contributed by atoms with Crippen LogP contribution in [0.5, 0.6) is 0 Å². The van der Waals surface area contributed by atoms with Gasteiger partial charge in [-0.25, -0.2) is 9.59 Å². The first-order valence-corrected chi connectivity index (χ1v) is 10.8. The van der Waals surface area contributed by atoms with E-state index in [-0.39, 0.29) is 6.61 Å². The van der Waals surface area contributed by atoms with Gasteiger partial charge in [0.25, 0.3) is 0 Å². The van der Waals surface area contributed by atoms with E-state index in [4.69, 9.17) is 21.1 Å². The summed E-state index contributed by atoms with van der Waals surface area (Å²) in [5, 5.41) is 8.17. The van der Waals surface area contributed by atoms with Crippen molar-refractivity contribution in [3.05, 3.63) is 57.9 Å². The maximum absolute atomic E-state index is 13.0. The Morgan fingerprint density at radius 3 is 2.52 bits per heavy atom. The van der Waals surface area contributed by atoms with Crippen molar-refractivity contribution >= 4 is 29.5 Å². The van der Waals surface area contributed by atoms with Crippen LogP contribution in [0, 0.1) is 0 Å². The lowest BCUT2D eigenvalue weighted by Gasteiger charge is -2.28. The van der Waals surface area contributed by atoms with E-state index in [1.54, 1.807) is 40.0 Å². The average molecular weight is 446 g/mol. The third kappa shape index (κ3) is 4.93. The molecule has 31 heavy (non-hydrogen) atoms. The molecule has 0 saturated carbocycles. The van der Waals surface area contributed by atoms with Crippen LogP contribution in [0.25, 0.3) is 0 Å². The molecule has 1 N–H and O–H groups in total. The van der Waals surface area contributed by atoms with Gasteiger partial charge in [-0.1, -0.05) is 43.1 Å². The Balaban J connectivity index is 2.17. The van der Waals surface area contributed by atoms with Crippen LogP contribution < -0.4 is 5.32 Å². The van der Waals surface area contributed by atoms with Crippen LogP contribution in [0.4, 0.5) is 10.6 Å². The third-order valence-corrected chi connectivity index (χ3v) is 5.07. The quantitative estimate of drug-likeness (QED) is 0.612. The molecule has 0 radical (unpaired) electrons. The number of aromatic nitrogens is 2. The molecular formula is C23H28ClN3O4. The average Bonchev–Trinajstić information content (AvgIpc) is 3.11. The summed E-state index contributed by atoms with van der Waals surface area (Å²) in [4.78, 5) is 25.7. The van der Waals surface area contributed by atoms with E-state index in [1.807, 2.05) is 25.1 Å². The Morgan fingerprint density at radius 2 is 1.90 bits per heavy atom. The molecule has 1 atom stereocenters. The van der Waals surface area contributed by atoms with Crippen molar-refractivity contribution in [1.82, 2.24) is 9.78 Å². The molecule has 1 aromatic heterocycles. The van der Waals surface area contributed by atoms with Crippen LogP contribution in [0.2, 0.25) is 5.02 Å². The molecule has 0 amide bonds. The van der Waals surface area contributed by atoms with Gasteiger partial charge in [0.15, 0.2) is 5.82 Å². The standard InChI is InChI=1S/C23H28ClN3O4/c1-6-10-17-19(21(28)30-7-2)18(14-11-8-9-12-16(14)24)15-13-27(26-20(15)25-17)22(29)31-23(3,4)5/h8-9,11-13,18H,6-7,10H2,1-5H3,(H,25,26). The molecule has 1 unspecified atom stereocenters. The van der Waals surface area contributed by atoms with Gasteiger partial charge in [-0.15, -0.1) is 5.10 Å². The van der Waals surface area contributed by atoms with Gasteiger partial charge in [-0.3, -0.25) is 0 Å². The molecular weight excluding hydrogens is 418 g/mol. The Labute approximate surface area is 187 Å². The van der Waals surface area contributed by atoms with Gasteiger partial charge < -0.3 is 14.8 Å². The first-order chi connectivity index (χ1) is 14.7. The topological polar surface area (TPSA) is 82.5 Å². The van der Waals surface area contributed by atoms with Crippen molar-refractivity contribution in [3.63, 3.8) is 0 Å². The molecule has 3 rings (SSSR count). The molecule has 0 bridgehead atoms. The number of nitrogens with one attached hydrogen (secondary N) is 1. The van der Waals surface area contributed by atoms with Crippen LogP contribution >= 0.6 is 11.6 Å². The summed E-state index contributed by atoms with van der Waals surface area (Å²) in [6, 6.07) is 7.34. The summed E-state index contributed by atoms with van der Waals surface area (Å²) in [5.41, 5.74) is 1.93. The molecule has 1 aliphatic heterocycles. The van der Waals surface area contributed by atoms with Gasteiger partial charge in [-0.2, -0.15) is 4.68 Å². The number of allylic oxidation sites excluding steroid dienone is 1. The van der Waals surface area contributed by atoms with Gasteiger partial charge in [0.1, 0.15) is 5.60 Å². The van der Waals surface area contributed by atoms with Crippen molar-refractivity contribution in [2.75, 3.05) is 11.9 Å². The van der Waals surface area contributed by atoms with E-state index in [9.17, 15) is 9.59 Å². The van der Waals surface area contributed by atoms with E-state index in [0.29, 0.717) is 34.1 Å². The van der Waals surface area contributed by atoms with Crippen LogP contribution in [0.3, 0.4) is 0 Å². The summed E-state index contributed by atoms with van der Waals surface area (Å²) >= 11 is 6.54. The van der Waals surface area contributed by atoms with Crippen molar-refractivity contribution < 1.29 is 19.1 Å². The maximum Gasteiger partial charge on any atom is 0.435 e. The van der Waals surface area contributed by atoms with Crippen LogP contribution in [0.15, 0.2) is 41.7 Å².